The largest absolute Gasteiger partial charge is 0.366 e. The maximum absolute atomic E-state index is 11.1. The van der Waals surface area contributed by atoms with Gasteiger partial charge in [0.1, 0.15) is 0 Å². The Hall–Kier alpha value is -2.04. The van der Waals surface area contributed by atoms with E-state index in [0.717, 1.165) is 0 Å². The summed E-state index contributed by atoms with van der Waals surface area (Å²) in [5, 5.41) is 2.52. The molecule has 2 heterocycles. The Morgan fingerprint density at radius 2 is 1.23 bits per heavy atom. The molecule has 0 saturated heterocycles. The highest BCUT2D eigenvalue weighted by Gasteiger charge is 1.94. The summed E-state index contributed by atoms with van der Waals surface area (Å²) in [7, 11) is 0. The molecular weight excluding hydrogens is 174 g/mol. The van der Waals surface area contributed by atoms with Crippen LogP contribution in [-0.2, 0) is 0 Å². The van der Waals surface area contributed by atoms with Gasteiger partial charge >= 0.3 is 11.3 Å². The first-order chi connectivity index (χ1) is 6.27. The molecule has 5 nitrogen and oxygen atoms in total. The number of hydrogen-bond acceptors (Lipinski definition) is 4. The topological polar surface area (TPSA) is 76.2 Å². The lowest BCUT2D eigenvalue weighted by atomic mass is 10.2. The Kier molecular flexibility index (Phi) is 1.63. The molecule has 0 aliphatic rings. The van der Waals surface area contributed by atoms with E-state index in [1.54, 1.807) is 5.33 Å². The molecule has 0 spiro atoms. The van der Waals surface area contributed by atoms with Crippen LogP contribution in [0.1, 0.15) is 0 Å². The fraction of sp³-hybridized carbons (Fsp3) is 0. The first-order valence-electron chi connectivity index (χ1n) is 3.55. The second-order valence-corrected chi connectivity index (χ2v) is 2.44. The second-order valence-electron chi connectivity index (χ2n) is 2.44. The van der Waals surface area contributed by atoms with E-state index in [-0.39, 0.29) is 0 Å². The lowest BCUT2D eigenvalue weighted by Gasteiger charge is -1.81. The number of benzene rings is 1. The minimum atomic E-state index is -0.596. The molecule has 66 valence electrons. The highest BCUT2D eigenvalue weighted by atomic mass is 16.7. The second kappa shape index (κ2) is 2.78. The zero-order chi connectivity index (χ0) is 9.26. The van der Waals surface area contributed by atoms with Crippen LogP contribution in [0.4, 0.5) is 0 Å². The Morgan fingerprint density at radius 3 is 1.62 bits per heavy atom. The van der Waals surface area contributed by atoms with Gasteiger partial charge in [0.15, 0.2) is 0 Å². The molecule has 0 atom stereocenters. The monoisotopic (exact) mass is 179 g/mol. The van der Waals surface area contributed by atoms with Crippen LogP contribution in [0, 0.1) is 0 Å². The van der Waals surface area contributed by atoms with Crippen LogP contribution in [0.5, 0.6) is 0 Å². The van der Waals surface area contributed by atoms with Gasteiger partial charge in [-0.05, 0) is 24.3 Å². The molecule has 0 radical (unpaired) electrons. The third-order valence-electron chi connectivity index (χ3n) is 1.63. The van der Waals surface area contributed by atoms with E-state index in [1.807, 2.05) is 0 Å². The van der Waals surface area contributed by atoms with E-state index in [0.29, 0.717) is 10.8 Å². The number of rotatable bonds is 0. The molecule has 0 saturated carbocycles. The molecule has 13 heavy (non-hydrogen) atoms. The van der Waals surface area contributed by atoms with Crippen LogP contribution in [0.2, 0.25) is 0 Å². The molecule has 2 bridgehead atoms. The molecule has 0 unspecified atom stereocenters. The van der Waals surface area contributed by atoms with Crippen molar-refractivity contribution >= 4 is 10.8 Å². The average molecular weight is 179 g/mol. The molecule has 0 aliphatic heterocycles. The van der Waals surface area contributed by atoms with Crippen LogP contribution < -0.4 is 11.3 Å². The molecule has 3 aromatic rings. The van der Waals surface area contributed by atoms with Crippen molar-refractivity contribution in [3.63, 3.8) is 0 Å². The Morgan fingerprint density at radius 1 is 0.846 bits per heavy atom. The van der Waals surface area contributed by atoms with Gasteiger partial charge < -0.3 is 9.05 Å². The smallest absolute Gasteiger partial charge is 0.308 e. The van der Waals surface area contributed by atoms with Crippen LogP contribution >= 0.6 is 0 Å². The molecule has 3 rings (SSSR count). The molecule has 1 N–H and O–H groups in total. The third kappa shape index (κ3) is 1.31. The Bertz CT molecular complexity index is 491. The lowest BCUT2D eigenvalue weighted by molar-refractivity contribution is 0.171. The molecule has 2 aromatic heterocycles. The van der Waals surface area contributed by atoms with Gasteiger partial charge in [0, 0.05) is 0 Å². The fourth-order valence-corrected chi connectivity index (χ4v) is 0.957. The molecule has 5 heteroatoms. The highest BCUT2D eigenvalue weighted by molar-refractivity contribution is 5.60. The molecule has 0 fully saturated rings. The predicted molar refractivity (Wildman–Crippen MR) is 44.2 cm³/mol. The zero-order valence-corrected chi connectivity index (χ0v) is 6.44. The van der Waals surface area contributed by atoms with Crippen molar-refractivity contribution in [3.8, 4) is 0 Å². The Balaban J connectivity index is 3.11. The minimum Gasteiger partial charge on any atom is -0.308 e. The molecule has 0 amide bonds. The van der Waals surface area contributed by atoms with Crippen molar-refractivity contribution in [3.05, 3.63) is 45.1 Å². The van der Waals surface area contributed by atoms with E-state index >= 15 is 0 Å². The van der Waals surface area contributed by atoms with Gasteiger partial charge in [0.25, 0.3) is 0 Å². The SMILES string of the molecule is O=c1o[nH]oc(=O)c2ccc1cc2. The van der Waals surface area contributed by atoms with Gasteiger partial charge in [0.2, 0.25) is 0 Å². The van der Waals surface area contributed by atoms with E-state index < -0.39 is 11.3 Å². The quantitative estimate of drug-likeness (QED) is 0.643. The van der Waals surface area contributed by atoms with Crippen molar-refractivity contribution < 1.29 is 9.05 Å². The van der Waals surface area contributed by atoms with Gasteiger partial charge in [0.05, 0.1) is 10.8 Å². The third-order valence-corrected chi connectivity index (χ3v) is 1.63. The minimum absolute atomic E-state index is 0.356. The van der Waals surface area contributed by atoms with Gasteiger partial charge in [-0.2, -0.15) is 0 Å². The maximum atomic E-state index is 11.1. The van der Waals surface area contributed by atoms with Crippen molar-refractivity contribution in [1.29, 1.82) is 0 Å². The maximum Gasteiger partial charge on any atom is 0.366 e. The normalized spacial score (nSPS) is 10.2. The summed E-state index contributed by atoms with van der Waals surface area (Å²) in [5.41, 5.74) is -1.19. The van der Waals surface area contributed by atoms with Gasteiger partial charge in [-0.25, -0.2) is 9.59 Å². The van der Waals surface area contributed by atoms with E-state index in [9.17, 15) is 9.59 Å². The summed E-state index contributed by atoms with van der Waals surface area (Å²) in [6, 6.07) is 5.97. The predicted octanol–water partition coefficient (Wildman–Crippen LogP) is 0.637. The summed E-state index contributed by atoms with van der Waals surface area (Å²) in [4.78, 5) is 22.1. The molecular formula is C8H5NO4. The summed E-state index contributed by atoms with van der Waals surface area (Å²) in [5.74, 6) is 0. The van der Waals surface area contributed by atoms with Crippen molar-refractivity contribution in [2.45, 2.75) is 0 Å². The van der Waals surface area contributed by atoms with Crippen LogP contribution in [0.25, 0.3) is 10.8 Å². The summed E-state index contributed by atoms with van der Waals surface area (Å²) in [6.45, 7) is 0. The lowest BCUT2D eigenvalue weighted by Crippen LogP contribution is -1.95. The number of hydrogen-bond donors (Lipinski definition) is 1. The number of fused-ring (bicyclic) bond motifs is 6. The Labute approximate surface area is 71.2 Å². The van der Waals surface area contributed by atoms with Gasteiger partial charge in [-0.1, -0.05) is 5.33 Å². The van der Waals surface area contributed by atoms with Gasteiger partial charge in [-0.15, -0.1) is 0 Å². The van der Waals surface area contributed by atoms with E-state index in [4.69, 9.17) is 0 Å². The van der Waals surface area contributed by atoms with Gasteiger partial charge in [-0.3, -0.25) is 0 Å². The number of H-pyrrole nitrogens is 1. The number of aromatic nitrogens is 1. The first-order valence-corrected chi connectivity index (χ1v) is 3.55. The van der Waals surface area contributed by atoms with Crippen molar-refractivity contribution in [1.82, 2.24) is 5.33 Å². The standard InChI is InChI=1S/C8H5NO4/c10-7-5-1-2-6(4-3-5)8(11)13-9-12-7/h1-4,9H. The summed E-state index contributed by atoms with van der Waals surface area (Å²) in [6.07, 6.45) is 0. The molecule has 0 aliphatic carbocycles. The van der Waals surface area contributed by atoms with E-state index in [2.05, 4.69) is 9.05 Å². The van der Waals surface area contributed by atoms with Crippen LogP contribution in [-0.4, -0.2) is 5.33 Å². The zero-order valence-electron chi connectivity index (χ0n) is 6.44. The average Bonchev–Trinajstić information content (AvgIpc) is 2.25. The highest BCUT2D eigenvalue weighted by Crippen LogP contribution is 1.98. The van der Waals surface area contributed by atoms with Crippen molar-refractivity contribution in [2.24, 2.45) is 0 Å². The van der Waals surface area contributed by atoms with Crippen molar-refractivity contribution in [2.75, 3.05) is 0 Å². The molecule has 1 aromatic carbocycles. The van der Waals surface area contributed by atoms with Crippen LogP contribution in [0.3, 0.4) is 0 Å². The fourth-order valence-electron chi connectivity index (χ4n) is 0.957. The number of aromatic amines is 1. The van der Waals surface area contributed by atoms with E-state index in [1.165, 1.54) is 24.3 Å². The summed E-state index contributed by atoms with van der Waals surface area (Å²) < 4.78 is 8.76. The van der Waals surface area contributed by atoms with Crippen LogP contribution in [0.15, 0.2) is 42.9 Å². The first kappa shape index (κ1) is 7.60. The summed E-state index contributed by atoms with van der Waals surface area (Å²) >= 11 is 0. The number of nitrogens with one attached hydrogen (secondary N) is 1.